The summed E-state index contributed by atoms with van der Waals surface area (Å²) in [6, 6.07) is 0.754. The molecular weight excluding hydrogens is 375 g/mol. The standard InChI is InChI=1S/C16H32N4.HI/c1-4-14(5-2)12-18-16(17-3)20-11-8-15(13-20)19-9-6-7-10-19;/h14-15H,4-13H2,1-3H3,(H,17,18);1H. The average Bonchev–Trinajstić information content (AvgIpc) is 3.14. The minimum absolute atomic E-state index is 0. The Balaban J connectivity index is 0.00000220. The van der Waals surface area contributed by atoms with Gasteiger partial charge in [-0.3, -0.25) is 9.89 Å². The van der Waals surface area contributed by atoms with E-state index >= 15 is 0 Å². The third-order valence-corrected chi connectivity index (χ3v) is 5.04. The molecule has 2 aliphatic heterocycles. The van der Waals surface area contributed by atoms with Gasteiger partial charge in [0.15, 0.2) is 5.96 Å². The summed E-state index contributed by atoms with van der Waals surface area (Å²) in [6.45, 7) is 10.5. The highest BCUT2D eigenvalue weighted by Gasteiger charge is 2.30. The van der Waals surface area contributed by atoms with Crippen molar-refractivity contribution in [2.75, 3.05) is 39.8 Å². The summed E-state index contributed by atoms with van der Waals surface area (Å²) < 4.78 is 0. The third kappa shape index (κ3) is 5.27. The van der Waals surface area contributed by atoms with E-state index in [4.69, 9.17) is 0 Å². The lowest BCUT2D eigenvalue weighted by molar-refractivity contribution is 0.249. The van der Waals surface area contributed by atoms with Crippen LogP contribution in [0.1, 0.15) is 46.0 Å². The van der Waals surface area contributed by atoms with Crippen molar-refractivity contribution in [2.45, 2.75) is 52.0 Å². The van der Waals surface area contributed by atoms with Gasteiger partial charge in [-0.05, 0) is 38.3 Å². The average molecular weight is 408 g/mol. The Kier molecular flexibility index (Phi) is 8.94. The minimum Gasteiger partial charge on any atom is -0.356 e. The lowest BCUT2D eigenvalue weighted by Crippen LogP contribution is -2.44. The second-order valence-corrected chi connectivity index (χ2v) is 6.24. The van der Waals surface area contributed by atoms with Gasteiger partial charge in [-0.25, -0.2) is 0 Å². The number of guanidine groups is 1. The SMILES string of the molecule is CCC(CC)CNC(=NC)N1CCC(N2CCCC2)C1.I. The van der Waals surface area contributed by atoms with Gasteiger partial charge in [-0.1, -0.05) is 26.7 Å². The Bertz CT molecular complexity index is 311. The molecule has 2 rings (SSSR count). The first-order chi connectivity index (χ1) is 9.78. The van der Waals surface area contributed by atoms with Gasteiger partial charge in [0.25, 0.3) is 0 Å². The summed E-state index contributed by atoms with van der Waals surface area (Å²) in [5.74, 6) is 1.88. The van der Waals surface area contributed by atoms with E-state index in [1.165, 1.54) is 45.2 Å². The predicted molar refractivity (Wildman–Crippen MR) is 102 cm³/mol. The van der Waals surface area contributed by atoms with Gasteiger partial charge in [0.05, 0.1) is 0 Å². The van der Waals surface area contributed by atoms with Gasteiger partial charge in [-0.2, -0.15) is 0 Å². The monoisotopic (exact) mass is 408 g/mol. The fourth-order valence-corrected chi connectivity index (χ4v) is 3.48. The maximum atomic E-state index is 4.48. The molecular formula is C16H33IN4. The van der Waals surface area contributed by atoms with Crippen LogP contribution in [0.25, 0.3) is 0 Å². The molecule has 0 aromatic rings. The van der Waals surface area contributed by atoms with E-state index in [-0.39, 0.29) is 24.0 Å². The van der Waals surface area contributed by atoms with Gasteiger partial charge in [0, 0.05) is 32.7 Å². The van der Waals surface area contributed by atoms with Gasteiger partial charge in [-0.15, -0.1) is 24.0 Å². The molecule has 1 N–H and O–H groups in total. The Labute approximate surface area is 147 Å². The molecule has 0 aromatic carbocycles. The number of halogens is 1. The molecule has 4 nitrogen and oxygen atoms in total. The van der Waals surface area contributed by atoms with Crippen LogP contribution in [0.4, 0.5) is 0 Å². The molecule has 5 heteroatoms. The molecule has 21 heavy (non-hydrogen) atoms. The summed E-state index contributed by atoms with van der Waals surface area (Å²) in [7, 11) is 1.92. The Morgan fingerprint density at radius 1 is 1.19 bits per heavy atom. The number of likely N-dealkylation sites (tertiary alicyclic amines) is 2. The van der Waals surface area contributed by atoms with Crippen LogP contribution in [-0.2, 0) is 0 Å². The van der Waals surface area contributed by atoms with Gasteiger partial charge in [0.1, 0.15) is 0 Å². The van der Waals surface area contributed by atoms with Crippen molar-refractivity contribution in [3.05, 3.63) is 0 Å². The molecule has 1 unspecified atom stereocenters. The summed E-state index contributed by atoms with van der Waals surface area (Å²) >= 11 is 0. The maximum absolute atomic E-state index is 4.48. The van der Waals surface area contributed by atoms with Crippen LogP contribution in [-0.4, -0.2) is 61.6 Å². The fraction of sp³-hybridized carbons (Fsp3) is 0.938. The van der Waals surface area contributed by atoms with Crippen LogP contribution in [0, 0.1) is 5.92 Å². The highest BCUT2D eigenvalue weighted by molar-refractivity contribution is 14.0. The molecule has 2 saturated heterocycles. The summed E-state index contributed by atoms with van der Waals surface area (Å²) in [6.07, 6.45) is 6.57. The molecule has 0 amide bonds. The van der Waals surface area contributed by atoms with E-state index in [1.54, 1.807) is 0 Å². The van der Waals surface area contributed by atoms with Crippen molar-refractivity contribution in [1.82, 2.24) is 15.1 Å². The number of nitrogens with zero attached hydrogens (tertiary/aromatic N) is 3. The van der Waals surface area contributed by atoms with E-state index in [1.807, 2.05) is 7.05 Å². The molecule has 0 bridgehead atoms. The number of hydrogen-bond acceptors (Lipinski definition) is 2. The molecule has 2 aliphatic rings. The Morgan fingerprint density at radius 2 is 1.86 bits per heavy atom. The third-order valence-electron chi connectivity index (χ3n) is 5.04. The van der Waals surface area contributed by atoms with Gasteiger partial charge >= 0.3 is 0 Å². The molecule has 124 valence electrons. The Hall–Kier alpha value is -0.0400. The lowest BCUT2D eigenvalue weighted by atomic mass is 10.0. The second kappa shape index (κ2) is 9.87. The van der Waals surface area contributed by atoms with Gasteiger partial charge in [0.2, 0.25) is 0 Å². The molecule has 0 aliphatic carbocycles. The molecule has 2 fully saturated rings. The zero-order valence-corrected chi connectivity index (χ0v) is 16.3. The number of aliphatic imine (C=N–C) groups is 1. The highest BCUT2D eigenvalue weighted by Crippen LogP contribution is 2.20. The van der Waals surface area contributed by atoms with E-state index in [9.17, 15) is 0 Å². The van der Waals surface area contributed by atoms with E-state index in [0.29, 0.717) is 0 Å². The molecule has 2 heterocycles. The largest absolute Gasteiger partial charge is 0.356 e. The Morgan fingerprint density at radius 3 is 2.43 bits per heavy atom. The van der Waals surface area contributed by atoms with Crippen LogP contribution in [0.2, 0.25) is 0 Å². The van der Waals surface area contributed by atoms with Gasteiger partial charge < -0.3 is 10.2 Å². The number of nitrogens with one attached hydrogen (secondary N) is 1. The van der Waals surface area contributed by atoms with Crippen molar-refractivity contribution in [2.24, 2.45) is 10.9 Å². The molecule has 0 radical (unpaired) electrons. The van der Waals surface area contributed by atoms with Crippen LogP contribution >= 0.6 is 24.0 Å². The highest BCUT2D eigenvalue weighted by atomic mass is 127. The predicted octanol–water partition coefficient (Wildman–Crippen LogP) is 2.79. The maximum Gasteiger partial charge on any atom is 0.193 e. The van der Waals surface area contributed by atoms with Crippen LogP contribution < -0.4 is 5.32 Å². The second-order valence-electron chi connectivity index (χ2n) is 6.24. The smallest absolute Gasteiger partial charge is 0.193 e. The quantitative estimate of drug-likeness (QED) is 0.431. The normalized spacial score (nSPS) is 23.7. The molecule has 0 saturated carbocycles. The number of hydrogen-bond donors (Lipinski definition) is 1. The first-order valence-corrected chi connectivity index (χ1v) is 8.48. The zero-order chi connectivity index (χ0) is 14.4. The summed E-state index contributed by atoms with van der Waals surface area (Å²) in [4.78, 5) is 9.61. The summed E-state index contributed by atoms with van der Waals surface area (Å²) in [5.41, 5.74) is 0. The fourth-order valence-electron chi connectivity index (χ4n) is 3.48. The van der Waals surface area contributed by atoms with Crippen molar-refractivity contribution in [1.29, 1.82) is 0 Å². The van der Waals surface area contributed by atoms with Crippen LogP contribution in [0.3, 0.4) is 0 Å². The van der Waals surface area contributed by atoms with Crippen molar-refractivity contribution < 1.29 is 0 Å². The lowest BCUT2D eigenvalue weighted by Gasteiger charge is -2.26. The van der Waals surface area contributed by atoms with Crippen LogP contribution in [0.15, 0.2) is 4.99 Å². The summed E-state index contributed by atoms with van der Waals surface area (Å²) in [5, 5.41) is 3.58. The van der Waals surface area contributed by atoms with Crippen LogP contribution in [0.5, 0.6) is 0 Å². The molecule has 0 spiro atoms. The van der Waals surface area contributed by atoms with E-state index in [2.05, 4.69) is 34.0 Å². The topological polar surface area (TPSA) is 30.9 Å². The molecule has 1 atom stereocenters. The van der Waals surface area contributed by atoms with E-state index in [0.717, 1.165) is 37.6 Å². The van der Waals surface area contributed by atoms with Crippen molar-refractivity contribution in [3.8, 4) is 0 Å². The molecule has 0 aromatic heterocycles. The zero-order valence-electron chi connectivity index (χ0n) is 14.0. The number of rotatable bonds is 5. The van der Waals surface area contributed by atoms with Crippen molar-refractivity contribution >= 4 is 29.9 Å². The van der Waals surface area contributed by atoms with Crippen molar-refractivity contribution in [3.63, 3.8) is 0 Å². The first-order valence-electron chi connectivity index (χ1n) is 8.48. The first kappa shape index (κ1) is 19.0. The van der Waals surface area contributed by atoms with E-state index < -0.39 is 0 Å². The minimum atomic E-state index is 0.